The summed E-state index contributed by atoms with van der Waals surface area (Å²) in [5.41, 5.74) is 5.38. The minimum absolute atomic E-state index is 0.0623. The highest BCUT2D eigenvalue weighted by Crippen LogP contribution is 2.43. The highest BCUT2D eigenvalue weighted by molar-refractivity contribution is 7.47. The summed E-state index contributed by atoms with van der Waals surface area (Å²) >= 11 is 0. The highest BCUT2D eigenvalue weighted by atomic mass is 31.2. The van der Waals surface area contributed by atoms with Gasteiger partial charge in [0.2, 0.25) is 0 Å². The van der Waals surface area contributed by atoms with Crippen LogP contribution in [0, 0.1) is 0 Å². The maximum atomic E-state index is 12.6. The number of phosphoric ester groups is 1. The van der Waals surface area contributed by atoms with Crippen LogP contribution >= 0.6 is 7.82 Å². The van der Waals surface area contributed by atoms with E-state index < -0.39 is 13.9 Å². The molecule has 0 rings (SSSR count). The van der Waals surface area contributed by atoms with Crippen molar-refractivity contribution in [3.05, 3.63) is 60.8 Å². The first-order chi connectivity index (χ1) is 29.4. The van der Waals surface area contributed by atoms with Gasteiger partial charge in [-0.05, 0) is 44.9 Å². The van der Waals surface area contributed by atoms with Crippen LogP contribution < -0.4 is 5.73 Å². The zero-order valence-corrected chi connectivity index (χ0v) is 39.8. The smallest absolute Gasteiger partial charge is 0.457 e. The van der Waals surface area contributed by atoms with Gasteiger partial charge in [-0.15, -0.1) is 0 Å². The second kappa shape index (κ2) is 48.2. The second-order valence-electron chi connectivity index (χ2n) is 16.3. The normalized spacial score (nSPS) is 13.9. The Morgan fingerprint density at radius 2 is 0.900 bits per heavy atom. The number of carbonyl (C=O) groups is 1. The van der Waals surface area contributed by atoms with Crippen LogP contribution in [0.1, 0.15) is 219 Å². The van der Waals surface area contributed by atoms with Gasteiger partial charge in [-0.25, -0.2) is 4.57 Å². The number of allylic oxidation sites excluding steroid dienone is 9. The summed E-state index contributed by atoms with van der Waals surface area (Å²) < 4.78 is 33.4. The molecule has 0 aliphatic heterocycles. The first-order valence-corrected chi connectivity index (χ1v) is 26.3. The van der Waals surface area contributed by atoms with Crippen molar-refractivity contribution in [1.82, 2.24) is 0 Å². The molecule has 2 atom stereocenters. The minimum atomic E-state index is -4.30. The van der Waals surface area contributed by atoms with Gasteiger partial charge in [0.05, 0.1) is 26.4 Å². The molecule has 0 fully saturated rings. The number of ether oxygens (including phenoxy) is 2. The molecule has 3 N–H and O–H groups in total. The molecule has 0 saturated heterocycles. The van der Waals surface area contributed by atoms with Gasteiger partial charge in [-0.1, -0.05) is 229 Å². The molecule has 0 aromatic rings. The van der Waals surface area contributed by atoms with E-state index in [4.69, 9.17) is 24.3 Å². The molecule has 0 radical (unpaired) electrons. The third-order valence-electron chi connectivity index (χ3n) is 10.5. The Labute approximate surface area is 370 Å². The SMILES string of the molecule is CC/C=C\C/C=C\C/C=C\C/C=C\C/C=C\CCOCC(COP(=O)(O)OCCN)OC(=O)CCCCCCCCCCCCCCCCCCCCCCCCCCC. The molecule has 0 aromatic heterocycles. The Hall–Kier alpha value is -1.80. The number of hydrogen-bond acceptors (Lipinski definition) is 7. The lowest BCUT2D eigenvalue weighted by molar-refractivity contribution is -0.154. The van der Waals surface area contributed by atoms with Crippen LogP contribution in [-0.4, -0.2) is 49.9 Å². The molecule has 350 valence electrons. The number of esters is 1. The third kappa shape index (κ3) is 47.3. The van der Waals surface area contributed by atoms with E-state index in [9.17, 15) is 14.3 Å². The van der Waals surface area contributed by atoms with Gasteiger partial charge in [0, 0.05) is 13.0 Å². The van der Waals surface area contributed by atoms with Crippen molar-refractivity contribution in [2.75, 3.05) is 33.0 Å². The molecule has 0 aromatic carbocycles. The Morgan fingerprint density at radius 3 is 1.30 bits per heavy atom. The molecule has 9 heteroatoms. The van der Waals surface area contributed by atoms with Crippen molar-refractivity contribution < 1.29 is 32.8 Å². The number of hydrogen-bond donors (Lipinski definition) is 2. The van der Waals surface area contributed by atoms with Crippen LogP contribution in [0.2, 0.25) is 0 Å². The lowest BCUT2D eigenvalue weighted by atomic mass is 10.0. The largest absolute Gasteiger partial charge is 0.472 e. The Morgan fingerprint density at radius 1 is 0.517 bits per heavy atom. The summed E-state index contributed by atoms with van der Waals surface area (Å²) in [4.78, 5) is 22.5. The van der Waals surface area contributed by atoms with Crippen LogP contribution in [0.15, 0.2) is 60.8 Å². The molecule has 0 spiro atoms. The van der Waals surface area contributed by atoms with E-state index in [1.165, 1.54) is 141 Å². The van der Waals surface area contributed by atoms with Crippen molar-refractivity contribution in [3.63, 3.8) is 0 Å². The summed E-state index contributed by atoms with van der Waals surface area (Å²) in [6.07, 6.45) is 60.0. The zero-order chi connectivity index (χ0) is 43.7. The second-order valence-corrected chi connectivity index (χ2v) is 17.8. The first kappa shape index (κ1) is 58.2. The van der Waals surface area contributed by atoms with Gasteiger partial charge in [-0.3, -0.25) is 13.8 Å². The Bertz CT molecular complexity index is 1110. The molecule has 0 heterocycles. The number of unbranched alkanes of at least 4 members (excludes halogenated alkanes) is 24. The van der Waals surface area contributed by atoms with Crippen molar-refractivity contribution in [2.24, 2.45) is 5.73 Å². The van der Waals surface area contributed by atoms with Crippen molar-refractivity contribution >= 4 is 13.8 Å². The lowest BCUT2D eigenvalue weighted by Crippen LogP contribution is -2.28. The van der Waals surface area contributed by atoms with Crippen molar-refractivity contribution in [2.45, 2.75) is 225 Å². The first-order valence-electron chi connectivity index (χ1n) is 24.8. The number of nitrogens with two attached hydrogens (primary N) is 1. The summed E-state index contributed by atoms with van der Waals surface area (Å²) in [6, 6.07) is 0. The van der Waals surface area contributed by atoms with Crippen LogP contribution in [-0.2, 0) is 27.9 Å². The van der Waals surface area contributed by atoms with Crippen LogP contribution in [0.5, 0.6) is 0 Å². The predicted molar refractivity (Wildman–Crippen MR) is 256 cm³/mol. The van der Waals surface area contributed by atoms with Gasteiger partial charge in [0.15, 0.2) is 0 Å². The van der Waals surface area contributed by atoms with E-state index in [2.05, 4.69) is 74.6 Å². The maximum absolute atomic E-state index is 12.6. The monoisotopic (exact) mass is 864 g/mol. The average Bonchev–Trinajstić information content (AvgIpc) is 3.24. The van der Waals surface area contributed by atoms with Crippen molar-refractivity contribution in [3.8, 4) is 0 Å². The van der Waals surface area contributed by atoms with Gasteiger partial charge < -0.3 is 20.1 Å². The summed E-state index contributed by atoms with van der Waals surface area (Å²) in [7, 11) is -4.30. The summed E-state index contributed by atoms with van der Waals surface area (Å²) in [6.45, 7) is 4.60. The fraction of sp³-hybridized carbons (Fsp3) is 0.784. The lowest BCUT2D eigenvalue weighted by Gasteiger charge is -2.19. The Kier molecular flexibility index (Phi) is 46.8. The zero-order valence-electron chi connectivity index (χ0n) is 38.9. The average molecular weight is 864 g/mol. The molecule has 0 amide bonds. The standard InChI is InChI=1S/C51H94NO7P/c1-3-5-7-9-11-13-15-17-19-21-22-23-24-25-26-27-28-29-30-32-34-36-38-40-42-44-51(53)59-50(49-58-60(54,55)57-47-45-52)48-56-46-43-41-39-37-35-33-31-20-18-16-14-12-10-8-6-4-2/h6,8,12,14,18,20,33,35,39,41,50H,3-5,7,9-11,13,15-17,19,21-32,34,36-38,40,42-49,52H2,1-2H3,(H,54,55)/b8-6-,14-12-,20-18-,35-33-,41-39-. The third-order valence-corrected chi connectivity index (χ3v) is 11.5. The summed E-state index contributed by atoms with van der Waals surface area (Å²) in [5, 5.41) is 0. The van der Waals surface area contributed by atoms with Gasteiger partial charge in [-0.2, -0.15) is 0 Å². The van der Waals surface area contributed by atoms with Gasteiger partial charge >= 0.3 is 13.8 Å². The molecular formula is C51H94NO7P. The van der Waals surface area contributed by atoms with E-state index >= 15 is 0 Å². The van der Waals surface area contributed by atoms with E-state index in [-0.39, 0.29) is 32.3 Å². The molecular weight excluding hydrogens is 770 g/mol. The summed E-state index contributed by atoms with van der Waals surface area (Å²) in [5.74, 6) is -0.352. The van der Waals surface area contributed by atoms with E-state index in [0.717, 1.165) is 51.4 Å². The fourth-order valence-corrected chi connectivity index (χ4v) is 7.65. The van der Waals surface area contributed by atoms with Crippen LogP contribution in [0.3, 0.4) is 0 Å². The molecule has 60 heavy (non-hydrogen) atoms. The molecule has 0 aliphatic rings. The number of carbonyl (C=O) groups excluding carboxylic acids is 1. The van der Waals surface area contributed by atoms with E-state index in [1.54, 1.807) is 0 Å². The maximum Gasteiger partial charge on any atom is 0.472 e. The van der Waals surface area contributed by atoms with E-state index in [1.807, 2.05) is 0 Å². The number of rotatable bonds is 47. The quantitative estimate of drug-likeness (QED) is 0.0269. The van der Waals surface area contributed by atoms with Crippen molar-refractivity contribution in [1.29, 1.82) is 0 Å². The predicted octanol–water partition coefficient (Wildman–Crippen LogP) is 15.3. The molecule has 0 bridgehead atoms. The molecule has 2 unspecified atom stereocenters. The van der Waals surface area contributed by atoms with Crippen LogP contribution in [0.4, 0.5) is 0 Å². The topological polar surface area (TPSA) is 117 Å². The Balaban J connectivity index is 3.97. The molecule has 0 saturated carbocycles. The minimum Gasteiger partial charge on any atom is -0.457 e. The van der Waals surface area contributed by atoms with Crippen LogP contribution in [0.25, 0.3) is 0 Å². The number of phosphoric acid groups is 1. The molecule has 8 nitrogen and oxygen atoms in total. The van der Waals surface area contributed by atoms with E-state index in [0.29, 0.717) is 19.4 Å². The highest BCUT2D eigenvalue weighted by Gasteiger charge is 2.25. The molecule has 0 aliphatic carbocycles. The van der Waals surface area contributed by atoms with Gasteiger partial charge in [0.25, 0.3) is 0 Å². The van der Waals surface area contributed by atoms with Gasteiger partial charge in [0.1, 0.15) is 6.10 Å². The fourth-order valence-electron chi connectivity index (χ4n) is 6.89.